The molecule has 0 aliphatic rings. The number of amides is 1. The average molecular weight is 419 g/mol. The number of halogens is 2. The van der Waals surface area contributed by atoms with Crippen LogP contribution >= 0.6 is 34.5 Å². The molecule has 27 heavy (non-hydrogen) atoms. The van der Waals surface area contributed by atoms with Gasteiger partial charge in [-0.3, -0.25) is 10.1 Å². The molecule has 1 aromatic heterocycles. The zero-order valence-corrected chi connectivity index (χ0v) is 16.7. The van der Waals surface area contributed by atoms with E-state index in [1.165, 1.54) is 17.4 Å². The van der Waals surface area contributed by atoms with Gasteiger partial charge in [-0.15, -0.1) is 11.3 Å². The fourth-order valence-corrected chi connectivity index (χ4v) is 3.48. The Balaban J connectivity index is 1.58. The third-order valence-corrected chi connectivity index (χ3v) is 5.34. The summed E-state index contributed by atoms with van der Waals surface area (Å²) in [5, 5.41) is 4.25. The van der Waals surface area contributed by atoms with E-state index in [4.69, 9.17) is 27.9 Å². The Morgan fingerprint density at radius 2 is 1.96 bits per heavy atom. The normalized spacial score (nSPS) is 10.9. The van der Waals surface area contributed by atoms with E-state index in [0.717, 1.165) is 28.2 Å². The summed E-state index contributed by atoms with van der Waals surface area (Å²) in [6, 6.07) is 13.0. The smallest absolute Gasteiger partial charge is 0.250 e. The first-order chi connectivity index (χ1) is 13.0. The van der Waals surface area contributed by atoms with Crippen molar-refractivity contribution in [2.24, 2.45) is 0 Å². The van der Waals surface area contributed by atoms with Gasteiger partial charge in [0, 0.05) is 23.6 Å². The number of nitrogens with one attached hydrogen (secondary N) is 1. The van der Waals surface area contributed by atoms with Crippen LogP contribution < -0.4 is 10.1 Å². The van der Waals surface area contributed by atoms with Gasteiger partial charge < -0.3 is 4.74 Å². The number of methoxy groups -OCH3 is 1. The lowest BCUT2D eigenvalue weighted by atomic mass is 10.1. The predicted molar refractivity (Wildman–Crippen MR) is 112 cm³/mol. The van der Waals surface area contributed by atoms with Crippen molar-refractivity contribution in [3.05, 3.63) is 80.8 Å². The topological polar surface area (TPSA) is 51.2 Å². The van der Waals surface area contributed by atoms with E-state index in [2.05, 4.69) is 10.3 Å². The van der Waals surface area contributed by atoms with E-state index in [1.807, 2.05) is 24.3 Å². The van der Waals surface area contributed by atoms with Gasteiger partial charge >= 0.3 is 0 Å². The van der Waals surface area contributed by atoms with Crippen LogP contribution in [-0.4, -0.2) is 18.0 Å². The lowest BCUT2D eigenvalue weighted by molar-refractivity contribution is -0.111. The van der Waals surface area contributed by atoms with Gasteiger partial charge in [0.15, 0.2) is 5.13 Å². The van der Waals surface area contributed by atoms with Crippen LogP contribution in [0, 0.1) is 0 Å². The summed E-state index contributed by atoms with van der Waals surface area (Å²) in [5.41, 5.74) is 1.94. The Hall–Kier alpha value is -2.34. The zero-order chi connectivity index (χ0) is 19.2. The Bertz CT molecular complexity index is 968. The monoisotopic (exact) mass is 418 g/mol. The van der Waals surface area contributed by atoms with Crippen molar-refractivity contribution in [2.75, 3.05) is 12.4 Å². The second kappa shape index (κ2) is 9.04. The van der Waals surface area contributed by atoms with E-state index in [1.54, 1.807) is 37.6 Å². The van der Waals surface area contributed by atoms with E-state index in [9.17, 15) is 4.79 Å². The highest BCUT2D eigenvalue weighted by molar-refractivity contribution is 7.15. The van der Waals surface area contributed by atoms with Gasteiger partial charge in [-0.1, -0.05) is 41.4 Å². The lowest BCUT2D eigenvalue weighted by Gasteiger charge is -2.01. The number of ether oxygens (including phenoxy) is 1. The summed E-state index contributed by atoms with van der Waals surface area (Å²) in [6.45, 7) is 0. The maximum Gasteiger partial charge on any atom is 0.250 e. The van der Waals surface area contributed by atoms with Crippen LogP contribution in [0.3, 0.4) is 0 Å². The zero-order valence-electron chi connectivity index (χ0n) is 14.4. The molecule has 0 saturated carbocycles. The van der Waals surface area contributed by atoms with Crippen LogP contribution in [0.2, 0.25) is 10.0 Å². The number of hydrogen-bond acceptors (Lipinski definition) is 4. The number of anilines is 1. The van der Waals surface area contributed by atoms with Gasteiger partial charge in [-0.2, -0.15) is 0 Å². The molecule has 4 nitrogen and oxygen atoms in total. The number of rotatable bonds is 6. The number of hydrogen-bond donors (Lipinski definition) is 1. The standard InChI is InChI=1S/C20H16Cl2N2O2S/c1-26-15-6-2-13(3-7-15)10-16-12-23-20(27-16)24-19(25)9-5-14-4-8-17(21)18(22)11-14/h2-9,11-12H,10H2,1H3,(H,23,24,25)/b9-5+. The van der Waals surface area contributed by atoms with Crippen LogP contribution in [0.5, 0.6) is 5.75 Å². The molecule has 1 amide bonds. The van der Waals surface area contributed by atoms with Crippen molar-refractivity contribution >= 4 is 51.7 Å². The average Bonchev–Trinajstić information content (AvgIpc) is 3.10. The molecule has 2 aromatic carbocycles. The third-order valence-electron chi connectivity index (χ3n) is 3.69. The van der Waals surface area contributed by atoms with Gasteiger partial charge in [-0.05, 0) is 41.5 Å². The molecule has 1 heterocycles. The highest BCUT2D eigenvalue weighted by atomic mass is 35.5. The Labute approximate surface area is 171 Å². The molecule has 0 unspecified atom stereocenters. The number of carbonyl (C=O) groups excluding carboxylic acids is 1. The number of aromatic nitrogens is 1. The van der Waals surface area contributed by atoms with E-state index >= 15 is 0 Å². The van der Waals surface area contributed by atoms with Gasteiger partial charge in [0.2, 0.25) is 5.91 Å². The fourth-order valence-electron chi connectivity index (χ4n) is 2.33. The van der Waals surface area contributed by atoms with Crippen LogP contribution in [0.4, 0.5) is 5.13 Å². The molecule has 7 heteroatoms. The molecule has 3 rings (SSSR count). The van der Waals surface area contributed by atoms with Gasteiger partial charge in [0.1, 0.15) is 5.75 Å². The second-order valence-corrected chi connectivity index (χ2v) is 7.58. The minimum atomic E-state index is -0.258. The Morgan fingerprint density at radius 3 is 2.67 bits per heavy atom. The molecule has 0 aliphatic heterocycles. The minimum absolute atomic E-state index is 0.258. The van der Waals surface area contributed by atoms with Gasteiger partial charge in [0.25, 0.3) is 0 Å². The molecular weight excluding hydrogens is 403 g/mol. The van der Waals surface area contributed by atoms with E-state index < -0.39 is 0 Å². The summed E-state index contributed by atoms with van der Waals surface area (Å²) in [6.07, 6.45) is 5.62. The van der Waals surface area contributed by atoms with Crippen LogP contribution in [-0.2, 0) is 11.2 Å². The molecule has 0 atom stereocenters. The summed E-state index contributed by atoms with van der Waals surface area (Å²) in [5.74, 6) is 0.566. The highest BCUT2D eigenvalue weighted by Crippen LogP contribution is 2.24. The first kappa shape index (κ1) is 19.4. The van der Waals surface area contributed by atoms with Crippen LogP contribution in [0.1, 0.15) is 16.0 Å². The quantitative estimate of drug-likeness (QED) is 0.522. The van der Waals surface area contributed by atoms with Crippen molar-refractivity contribution in [1.29, 1.82) is 0 Å². The van der Waals surface area contributed by atoms with E-state index in [0.29, 0.717) is 15.2 Å². The van der Waals surface area contributed by atoms with Crippen molar-refractivity contribution in [3.63, 3.8) is 0 Å². The summed E-state index contributed by atoms with van der Waals surface area (Å²) >= 11 is 13.3. The Morgan fingerprint density at radius 1 is 1.19 bits per heavy atom. The fraction of sp³-hybridized carbons (Fsp3) is 0.100. The van der Waals surface area contributed by atoms with Gasteiger partial charge in [-0.25, -0.2) is 4.98 Å². The molecule has 3 aromatic rings. The first-order valence-corrected chi connectivity index (χ1v) is 9.62. The van der Waals surface area contributed by atoms with Crippen molar-refractivity contribution < 1.29 is 9.53 Å². The van der Waals surface area contributed by atoms with Crippen LogP contribution in [0.25, 0.3) is 6.08 Å². The SMILES string of the molecule is COc1ccc(Cc2cnc(NC(=O)/C=C/c3ccc(Cl)c(Cl)c3)s2)cc1. The van der Waals surface area contributed by atoms with Crippen molar-refractivity contribution in [3.8, 4) is 5.75 Å². The summed E-state index contributed by atoms with van der Waals surface area (Å²) in [4.78, 5) is 17.4. The molecule has 0 saturated heterocycles. The molecule has 0 fully saturated rings. The second-order valence-electron chi connectivity index (χ2n) is 5.65. The number of nitrogens with zero attached hydrogens (tertiary/aromatic N) is 1. The van der Waals surface area contributed by atoms with Gasteiger partial charge in [0.05, 0.1) is 17.2 Å². The third kappa shape index (κ3) is 5.57. The molecule has 0 aliphatic carbocycles. The molecule has 0 radical (unpaired) electrons. The maximum absolute atomic E-state index is 12.1. The molecule has 0 bridgehead atoms. The van der Waals surface area contributed by atoms with Crippen molar-refractivity contribution in [2.45, 2.75) is 6.42 Å². The lowest BCUT2D eigenvalue weighted by Crippen LogP contribution is -2.07. The highest BCUT2D eigenvalue weighted by Gasteiger charge is 2.06. The molecule has 0 spiro atoms. The number of carbonyl (C=O) groups is 1. The van der Waals surface area contributed by atoms with Crippen LogP contribution in [0.15, 0.2) is 54.7 Å². The molecule has 138 valence electrons. The first-order valence-electron chi connectivity index (χ1n) is 8.05. The molecular formula is C20H16Cl2N2O2S. The summed E-state index contributed by atoms with van der Waals surface area (Å²) in [7, 11) is 1.64. The largest absolute Gasteiger partial charge is 0.497 e. The summed E-state index contributed by atoms with van der Waals surface area (Å²) < 4.78 is 5.16. The number of benzene rings is 2. The van der Waals surface area contributed by atoms with Crippen molar-refractivity contribution in [1.82, 2.24) is 4.98 Å². The number of thiazole rings is 1. The molecule has 1 N–H and O–H groups in total. The Kier molecular flexibility index (Phi) is 6.50. The maximum atomic E-state index is 12.1. The predicted octanol–water partition coefficient (Wildman–Crippen LogP) is 5.70. The minimum Gasteiger partial charge on any atom is -0.497 e. The van der Waals surface area contributed by atoms with E-state index in [-0.39, 0.29) is 5.91 Å².